The van der Waals surface area contributed by atoms with Crippen molar-refractivity contribution >= 4 is 18.3 Å². The Kier molecular flexibility index (Phi) is 5.83. The summed E-state index contributed by atoms with van der Waals surface area (Å²) in [7, 11) is 1.89. The van der Waals surface area contributed by atoms with Gasteiger partial charge in [0.05, 0.1) is 0 Å². The van der Waals surface area contributed by atoms with E-state index in [9.17, 15) is 4.79 Å². The fraction of sp³-hybridized carbons (Fsp3) is 0.533. The van der Waals surface area contributed by atoms with Gasteiger partial charge in [0.15, 0.2) is 0 Å². The number of aryl methyl sites for hydroxylation is 1. The van der Waals surface area contributed by atoms with Gasteiger partial charge >= 0.3 is 0 Å². The van der Waals surface area contributed by atoms with Gasteiger partial charge in [-0.3, -0.25) is 4.79 Å². The van der Waals surface area contributed by atoms with E-state index in [2.05, 4.69) is 19.1 Å². The fourth-order valence-corrected chi connectivity index (χ4v) is 2.67. The Bertz CT molecular complexity index is 436. The van der Waals surface area contributed by atoms with Gasteiger partial charge in [-0.05, 0) is 37.3 Å². The monoisotopic (exact) mass is 282 g/mol. The number of nitrogens with two attached hydrogens (primary N) is 1. The lowest BCUT2D eigenvalue weighted by atomic mass is 10.0. The topological polar surface area (TPSA) is 46.3 Å². The zero-order valence-corrected chi connectivity index (χ0v) is 12.5. The van der Waals surface area contributed by atoms with E-state index >= 15 is 0 Å². The maximum Gasteiger partial charge on any atom is 0.225 e. The molecular formula is C15H23ClN2O. The van der Waals surface area contributed by atoms with E-state index in [1.807, 2.05) is 24.1 Å². The maximum atomic E-state index is 12.3. The fourth-order valence-electron chi connectivity index (χ4n) is 2.67. The van der Waals surface area contributed by atoms with E-state index in [1.165, 1.54) is 11.1 Å². The third-order valence-corrected chi connectivity index (χ3v) is 3.87. The Balaban J connectivity index is 0.00000180. The van der Waals surface area contributed by atoms with Crippen molar-refractivity contribution in [2.45, 2.75) is 38.8 Å². The summed E-state index contributed by atoms with van der Waals surface area (Å²) in [6, 6.07) is 8.42. The zero-order valence-electron chi connectivity index (χ0n) is 11.6. The normalized spacial score (nSPS) is 21.8. The highest BCUT2D eigenvalue weighted by atomic mass is 35.5. The highest BCUT2D eigenvalue weighted by Gasteiger charge is 2.29. The van der Waals surface area contributed by atoms with E-state index in [1.54, 1.807) is 0 Å². The molecule has 3 nitrogen and oxygen atoms in total. The second kappa shape index (κ2) is 6.92. The van der Waals surface area contributed by atoms with Crippen LogP contribution in [0.2, 0.25) is 0 Å². The molecule has 1 aromatic carbocycles. The Morgan fingerprint density at radius 1 is 1.37 bits per heavy atom. The summed E-state index contributed by atoms with van der Waals surface area (Å²) >= 11 is 0. The van der Waals surface area contributed by atoms with Crippen molar-refractivity contribution in [2.24, 2.45) is 11.7 Å². The number of carbonyl (C=O) groups excluding carboxylic acids is 1. The van der Waals surface area contributed by atoms with Gasteiger partial charge in [0, 0.05) is 25.6 Å². The summed E-state index contributed by atoms with van der Waals surface area (Å²) in [4.78, 5) is 14.1. The van der Waals surface area contributed by atoms with E-state index in [-0.39, 0.29) is 30.3 Å². The SMILES string of the molecule is Cc1ccccc1CN(C)C(=O)C1CCC(N)C1.Cl. The molecule has 0 bridgehead atoms. The van der Waals surface area contributed by atoms with E-state index in [0.29, 0.717) is 6.54 Å². The smallest absolute Gasteiger partial charge is 0.225 e. The largest absolute Gasteiger partial charge is 0.341 e. The molecule has 2 atom stereocenters. The summed E-state index contributed by atoms with van der Waals surface area (Å²) in [6.07, 6.45) is 2.77. The Morgan fingerprint density at radius 3 is 2.63 bits per heavy atom. The van der Waals surface area contributed by atoms with Crippen LogP contribution >= 0.6 is 12.4 Å². The summed E-state index contributed by atoms with van der Waals surface area (Å²) < 4.78 is 0. The minimum atomic E-state index is 0. The van der Waals surface area contributed by atoms with Gasteiger partial charge in [0.25, 0.3) is 0 Å². The average Bonchev–Trinajstić information content (AvgIpc) is 2.78. The number of hydrogen-bond donors (Lipinski definition) is 1. The van der Waals surface area contributed by atoms with Crippen molar-refractivity contribution in [2.75, 3.05) is 7.05 Å². The first-order valence-electron chi connectivity index (χ1n) is 6.63. The summed E-state index contributed by atoms with van der Waals surface area (Å²) in [5.41, 5.74) is 8.32. The van der Waals surface area contributed by atoms with E-state index < -0.39 is 0 Å². The number of benzene rings is 1. The van der Waals surface area contributed by atoms with Gasteiger partial charge < -0.3 is 10.6 Å². The van der Waals surface area contributed by atoms with Crippen LogP contribution in [0.25, 0.3) is 0 Å². The molecule has 106 valence electrons. The van der Waals surface area contributed by atoms with Gasteiger partial charge in [-0.2, -0.15) is 0 Å². The molecule has 1 aliphatic carbocycles. The van der Waals surface area contributed by atoms with Gasteiger partial charge in [0.1, 0.15) is 0 Å². The summed E-state index contributed by atoms with van der Waals surface area (Å²) in [5, 5.41) is 0. The van der Waals surface area contributed by atoms with Crippen LogP contribution in [0.1, 0.15) is 30.4 Å². The van der Waals surface area contributed by atoms with Crippen molar-refractivity contribution in [3.63, 3.8) is 0 Å². The highest BCUT2D eigenvalue weighted by Crippen LogP contribution is 2.26. The molecule has 2 unspecified atom stereocenters. The minimum absolute atomic E-state index is 0. The molecule has 1 fully saturated rings. The number of carbonyl (C=O) groups is 1. The standard InChI is InChI=1S/C15H22N2O.ClH/c1-11-5-3-4-6-13(11)10-17(2)15(18)12-7-8-14(16)9-12;/h3-6,12,14H,7-10,16H2,1-2H3;1H. The van der Waals surface area contributed by atoms with Crippen LogP contribution in [0, 0.1) is 12.8 Å². The average molecular weight is 283 g/mol. The van der Waals surface area contributed by atoms with Crippen molar-refractivity contribution < 1.29 is 4.79 Å². The van der Waals surface area contributed by atoms with E-state index in [0.717, 1.165) is 19.3 Å². The molecule has 0 heterocycles. The van der Waals surface area contributed by atoms with Crippen LogP contribution in [0.4, 0.5) is 0 Å². The molecule has 2 N–H and O–H groups in total. The molecule has 1 saturated carbocycles. The molecule has 0 saturated heterocycles. The lowest BCUT2D eigenvalue weighted by Gasteiger charge is -2.22. The first-order chi connectivity index (χ1) is 8.58. The number of hydrogen-bond acceptors (Lipinski definition) is 2. The van der Waals surface area contributed by atoms with Crippen LogP contribution in [-0.2, 0) is 11.3 Å². The minimum Gasteiger partial charge on any atom is -0.341 e. The van der Waals surface area contributed by atoms with Crippen molar-refractivity contribution in [1.82, 2.24) is 4.90 Å². The lowest BCUT2D eigenvalue weighted by Crippen LogP contribution is -2.32. The van der Waals surface area contributed by atoms with Crippen LogP contribution < -0.4 is 5.73 Å². The second-order valence-corrected chi connectivity index (χ2v) is 5.39. The summed E-state index contributed by atoms with van der Waals surface area (Å²) in [5.74, 6) is 0.375. The van der Waals surface area contributed by atoms with Crippen LogP contribution in [0.5, 0.6) is 0 Å². The first kappa shape index (κ1) is 16.0. The quantitative estimate of drug-likeness (QED) is 0.926. The first-order valence-corrected chi connectivity index (χ1v) is 6.63. The van der Waals surface area contributed by atoms with Crippen LogP contribution in [0.3, 0.4) is 0 Å². The molecule has 19 heavy (non-hydrogen) atoms. The van der Waals surface area contributed by atoms with Gasteiger partial charge in [-0.25, -0.2) is 0 Å². The van der Waals surface area contributed by atoms with E-state index in [4.69, 9.17) is 5.73 Å². The number of amides is 1. The number of rotatable bonds is 3. The predicted octanol–water partition coefficient (Wildman–Crippen LogP) is 2.50. The van der Waals surface area contributed by atoms with Crippen molar-refractivity contribution in [1.29, 1.82) is 0 Å². The van der Waals surface area contributed by atoms with Gasteiger partial charge in [-0.1, -0.05) is 24.3 Å². The molecule has 1 amide bonds. The predicted molar refractivity (Wildman–Crippen MR) is 80.2 cm³/mol. The Hall–Kier alpha value is -1.06. The summed E-state index contributed by atoms with van der Waals surface area (Å²) in [6.45, 7) is 2.77. The third kappa shape index (κ3) is 3.95. The van der Waals surface area contributed by atoms with Crippen molar-refractivity contribution in [3.8, 4) is 0 Å². The van der Waals surface area contributed by atoms with Crippen LogP contribution in [0.15, 0.2) is 24.3 Å². The Morgan fingerprint density at radius 2 is 2.05 bits per heavy atom. The van der Waals surface area contributed by atoms with Gasteiger partial charge in [-0.15, -0.1) is 12.4 Å². The molecule has 0 spiro atoms. The molecule has 0 aliphatic heterocycles. The maximum absolute atomic E-state index is 12.3. The van der Waals surface area contributed by atoms with Crippen LogP contribution in [-0.4, -0.2) is 23.9 Å². The molecule has 0 aromatic heterocycles. The lowest BCUT2D eigenvalue weighted by molar-refractivity contribution is -0.134. The highest BCUT2D eigenvalue weighted by molar-refractivity contribution is 5.85. The molecule has 4 heteroatoms. The third-order valence-electron chi connectivity index (χ3n) is 3.87. The van der Waals surface area contributed by atoms with Gasteiger partial charge in [0.2, 0.25) is 5.91 Å². The molecule has 1 aliphatic rings. The molecule has 1 aromatic rings. The zero-order chi connectivity index (χ0) is 13.1. The second-order valence-electron chi connectivity index (χ2n) is 5.39. The molecule has 0 radical (unpaired) electrons. The Labute approximate surface area is 121 Å². The van der Waals surface area contributed by atoms with Crippen molar-refractivity contribution in [3.05, 3.63) is 35.4 Å². The number of nitrogens with zero attached hydrogens (tertiary/aromatic N) is 1. The molecular weight excluding hydrogens is 260 g/mol. The number of halogens is 1. The molecule has 2 rings (SSSR count).